The monoisotopic (exact) mass is 249 g/mol. The van der Waals surface area contributed by atoms with E-state index in [2.05, 4.69) is 20.1 Å². The maximum atomic E-state index is 7.37. The lowest BCUT2D eigenvalue weighted by Crippen LogP contribution is -2.14. The number of hydrogen-bond donors (Lipinski definition) is 2. The summed E-state index contributed by atoms with van der Waals surface area (Å²) in [6.45, 7) is 1.83. The van der Waals surface area contributed by atoms with E-state index in [1.54, 1.807) is 17.8 Å². The van der Waals surface area contributed by atoms with E-state index in [4.69, 9.17) is 11.1 Å². The Labute approximate surface area is 102 Å². The van der Waals surface area contributed by atoms with Crippen molar-refractivity contribution < 1.29 is 0 Å². The summed E-state index contributed by atoms with van der Waals surface area (Å²) >= 11 is 1.28. The fourth-order valence-electron chi connectivity index (χ4n) is 1.18. The summed E-state index contributed by atoms with van der Waals surface area (Å²) in [5.41, 5.74) is 6.58. The van der Waals surface area contributed by atoms with Gasteiger partial charge in [0, 0.05) is 12.7 Å². The Bertz CT molecular complexity index is 562. The predicted octanol–water partition coefficient (Wildman–Crippen LogP) is 0.349. The van der Waals surface area contributed by atoms with Crippen LogP contribution in [0.25, 0.3) is 0 Å². The van der Waals surface area contributed by atoms with Crippen molar-refractivity contribution in [2.75, 3.05) is 0 Å². The molecule has 0 fully saturated rings. The summed E-state index contributed by atoms with van der Waals surface area (Å²) in [7, 11) is 1.79. The van der Waals surface area contributed by atoms with Gasteiger partial charge in [-0.3, -0.25) is 5.41 Å². The van der Waals surface area contributed by atoms with Crippen molar-refractivity contribution >= 4 is 17.6 Å². The van der Waals surface area contributed by atoms with Gasteiger partial charge in [-0.25, -0.2) is 19.6 Å². The normalized spacial score (nSPS) is 10.5. The smallest absolute Gasteiger partial charge is 0.196 e. The number of nitrogens with one attached hydrogen (secondary N) is 1. The average molecular weight is 249 g/mol. The van der Waals surface area contributed by atoms with E-state index in [-0.39, 0.29) is 5.84 Å². The van der Waals surface area contributed by atoms with Gasteiger partial charge in [-0.05, 0) is 24.8 Å². The molecule has 0 bridgehead atoms. The quantitative estimate of drug-likeness (QED) is 0.462. The molecule has 2 rings (SSSR count). The molecule has 0 aliphatic rings. The van der Waals surface area contributed by atoms with E-state index < -0.39 is 0 Å². The van der Waals surface area contributed by atoms with Crippen molar-refractivity contribution in [3.63, 3.8) is 0 Å². The largest absolute Gasteiger partial charge is 0.382 e. The summed E-state index contributed by atoms with van der Waals surface area (Å²) in [6.07, 6.45) is 1.46. The molecule has 88 valence electrons. The zero-order valence-corrected chi connectivity index (χ0v) is 10.2. The third-order valence-corrected chi connectivity index (χ3v) is 2.88. The van der Waals surface area contributed by atoms with Gasteiger partial charge >= 0.3 is 0 Å². The van der Waals surface area contributed by atoms with Gasteiger partial charge in [0.1, 0.15) is 17.9 Å². The molecule has 17 heavy (non-hydrogen) atoms. The second-order valence-corrected chi connectivity index (χ2v) is 4.29. The second-order valence-electron chi connectivity index (χ2n) is 3.36. The van der Waals surface area contributed by atoms with Crippen molar-refractivity contribution in [1.82, 2.24) is 24.7 Å². The Morgan fingerprint density at radius 2 is 2.24 bits per heavy atom. The van der Waals surface area contributed by atoms with E-state index in [0.29, 0.717) is 16.0 Å². The molecule has 3 N–H and O–H groups in total. The molecule has 0 aromatic carbocycles. The number of aryl methyl sites for hydroxylation is 2. The summed E-state index contributed by atoms with van der Waals surface area (Å²) in [4.78, 5) is 12.5. The standard InChI is InChI=1S/C9H11N7S/c1-5-3-6(7(10)11)15-8(14-5)17-9-12-4-13-16(9)2/h3-4H,1-2H3,(H3,10,11). The summed E-state index contributed by atoms with van der Waals surface area (Å²) in [5.74, 6) is -0.0738. The molecule has 0 unspecified atom stereocenters. The summed E-state index contributed by atoms with van der Waals surface area (Å²) < 4.78 is 1.63. The molecule has 2 heterocycles. The molecule has 8 heteroatoms. The number of hydrogen-bond acceptors (Lipinski definition) is 6. The number of nitrogen functional groups attached to an aromatic ring is 1. The zero-order chi connectivity index (χ0) is 12.4. The van der Waals surface area contributed by atoms with E-state index in [9.17, 15) is 0 Å². The second kappa shape index (κ2) is 4.50. The van der Waals surface area contributed by atoms with E-state index in [0.717, 1.165) is 5.69 Å². The predicted molar refractivity (Wildman–Crippen MR) is 62.9 cm³/mol. The number of nitrogens with zero attached hydrogens (tertiary/aromatic N) is 5. The van der Waals surface area contributed by atoms with Gasteiger partial charge in [-0.2, -0.15) is 5.10 Å². The first-order chi connectivity index (χ1) is 8.06. The average Bonchev–Trinajstić information content (AvgIpc) is 2.63. The lowest BCUT2D eigenvalue weighted by atomic mass is 10.3. The van der Waals surface area contributed by atoms with Crippen LogP contribution in [0, 0.1) is 12.3 Å². The van der Waals surface area contributed by atoms with Gasteiger partial charge < -0.3 is 5.73 Å². The van der Waals surface area contributed by atoms with Gasteiger partial charge in [0.2, 0.25) is 0 Å². The maximum Gasteiger partial charge on any atom is 0.196 e. The minimum absolute atomic E-state index is 0.0738. The zero-order valence-electron chi connectivity index (χ0n) is 9.38. The molecule has 0 saturated carbocycles. The van der Waals surface area contributed by atoms with Crippen molar-refractivity contribution in [2.24, 2.45) is 12.8 Å². The van der Waals surface area contributed by atoms with Gasteiger partial charge in [-0.1, -0.05) is 0 Å². The van der Waals surface area contributed by atoms with Crippen molar-refractivity contribution in [3.05, 3.63) is 23.8 Å². The molecule has 0 atom stereocenters. The first kappa shape index (κ1) is 11.5. The molecule has 0 spiro atoms. The van der Waals surface area contributed by atoms with Crippen molar-refractivity contribution in [1.29, 1.82) is 5.41 Å². The lowest BCUT2D eigenvalue weighted by molar-refractivity contribution is 0.683. The van der Waals surface area contributed by atoms with Crippen LogP contribution in [0.1, 0.15) is 11.4 Å². The van der Waals surface area contributed by atoms with Gasteiger partial charge in [-0.15, -0.1) is 0 Å². The SMILES string of the molecule is Cc1cc(C(=N)N)nc(Sc2ncnn2C)n1. The van der Waals surface area contributed by atoms with Crippen LogP contribution in [-0.4, -0.2) is 30.6 Å². The first-order valence-corrected chi connectivity index (χ1v) is 5.60. The topological polar surface area (TPSA) is 106 Å². The Kier molecular flexibility index (Phi) is 3.05. The van der Waals surface area contributed by atoms with E-state index >= 15 is 0 Å². The van der Waals surface area contributed by atoms with Gasteiger partial charge in [0.15, 0.2) is 10.3 Å². The van der Waals surface area contributed by atoms with Crippen LogP contribution >= 0.6 is 11.8 Å². The van der Waals surface area contributed by atoms with Crippen LogP contribution in [0.4, 0.5) is 0 Å². The van der Waals surface area contributed by atoms with Crippen LogP contribution in [0.15, 0.2) is 22.7 Å². The van der Waals surface area contributed by atoms with Gasteiger partial charge in [0.25, 0.3) is 0 Å². The molecule has 0 amide bonds. The number of nitrogens with two attached hydrogens (primary N) is 1. The number of rotatable bonds is 3. The molecule has 2 aromatic heterocycles. The lowest BCUT2D eigenvalue weighted by Gasteiger charge is -2.03. The molecule has 0 radical (unpaired) electrons. The Hall–Kier alpha value is -1.96. The molecular weight excluding hydrogens is 238 g/mol. The molecule has 7 nitrogen and oxygen atoms in total. The fraction of sp³-hybridized carbons (Fsp3) is 0.222. The molecule has 0 aliphatic heterocycles. The molecule has 0 aliphatic carbocycles. The van der Waals surface area contributed by atoms with Crippen LogP contribution in [0.2, 0.25) is 0 Å². The van der Waals surface area contributed by atoms with Crippen LogP contribution < -0.4 is 5.73 Å². The van der Waals surface area contributed by atoms with Crippen molar-refractivity contribution in [3.8, 4) is 0 Å². The highest BCUT2D eigenvalue weighted by atomic mass is 32.2. The maximum absolute atomic E-state index is 7.37. The fourth-order valence-corrected chi connectivity index (χ4v) is 1.96. The summed E-state index contributed by atoms with van der Waals surface area (Å²) in [5, 5.41) is 12.5. The Morgan fingerprint density at radius 1 is 1.47 bits per heavy atom. The van der Waals surface area contributed by atoms with Gasteiger partial charge in [0.05, 0.1) is 0 Å². The molecule has 0 saturated heterocycles. The Balaban J connectivity index is 2.33. The van der Waals surface area contributed by atoms with Crippen LogP contribution in [-0.2, 0) is 7.05 Å². The third-order valence-electron chi connectivity index (χ3n) is 1.96. The third kappa shape index (κ3) is 2.59. The highest BCUT2D eigenvalue weighted by Crippen LogP contribution is 2.21. The molecular formula is C9H11N7S. The molecule has 2 aromatic rings. The van der Waals surface area contributed by atoms with Crippen molar-refractivity contribution in [2.45, 2.75) is 17.2 Å². The summed E-state index contributed by atoms with van der Waals surface area (Å²) in [6, 6.07) is 1.67. The minimum Gasteiger partial charge on any atom is -0.382 e. The highest BCUT2D eigenvalue weighted by Gasteiger charge is 2.09. The van der Waals surface area contributed by atoms with E-state index in [1.165, 1.54) is 18.1 Å². The Morgan fingerprint density at radius 3 is 2.82 bits per heavy atom. The first-order valence-electron chi connectivity index (χ1n) is 4.78. The number of aromatic nitrogens is 5. The van der Waals surface area contributed by atoms with E-state index in [1.807, 2.05) is 6.92 Å². The highest BCUT2D eigenvalue weighted by molar-refractivity contribution is 7.99. The minimum atomic E-state index is -0.0738. The van der Waals surface area contributed by atoms with Crippen LogP contribution in [0.5, 0.6) is 0 Å². The number of amidine groups is 1. The van der Waals surface area contributed by atoms with Crippen LogP contribution in [0.3, 0.4) is 0 Å².